The van der Waals surface area contributed by atoms with Gasteiger partial charge in [0.1, 0.15) is 9.96 Å². The van der Waals surface area contributed by atoms with Gasteiger partial charge in [0.15, 0.2) is 0 Å². The van der Waals surface area contributed by atoms with Crippen LogP contribution in [0.4, 0.5) is 5.69 Å². The van der Waals surface area contributed by atoms with Crippen molar-refractivity contribution in [3.8, 4) is 5.75 Å². The number of hydrogen-bond donors (Lipinski definition) is 3. The largest absolute Gasteiger partial charge is 0.508 e. The van der Waals surface area contributed by atoms with Crippen LogP contribution in [0.1, 0.15) is 22.2 Å². The zero-order valence-electron chi connectivity index (χ0n) is 11.0. The van der Waals surface area contributed by atoms with Crippen LogP contribution in [0.15, 0.2) is 34.5 Å². The highest BCUT2D eigenvalue weighted by Crippen LogP contribution is 2.27. The minimum Gasteiger partial charge on any atom is -0.508 e. The predicted octanol–water partition coefficient (Wildman–Crippen LogP) is 2.52. The van der Waals surface area contributed by atoms with Crippen LogP contribution in [-0.2, 0) is 16.4 Å². The molecule has 0 atom stereocenters. The number of sulfonamides is 1. The number of hydrogen-bond acceptors (Lipinski definition) is 5. The molecule has 0 aliphatic heterocycles. The number of aromatic carboxylic acids is 1. The molecule has 3 N–H and O–H groups in total. The number of aromatic hydroxyl groups is 1. The van der Waals surface area contributed by atoms with Crippen molar-refractivity contribution in [1.29, 1.82) is 0 Å². The number of anilines is 1. The first-order valence-corrected chi connectivity index (χ1v) is 8.31. The van der Waals surface area contributed by atoms with E-state index in [0.717, 1.165) is 28.7 Å². The summed E-state index contributed by atoms with van der Waals surface area (Å²) in [4.78, 5) is 12.0. The maximum absolute atomic E-state index is 12.2. The Balaban J connectivity index is 2.39. The van der Waals surface area contributed by atoms with E-state index in [-0.39, 0.29) is 21.2 Å². The molecule has 21 heavy (non-hydrogen) atoms. The number of phenolic OH excluding ortho intramolecular Hbond substituents is 1. The van der Waals surface area contributed by atoms with E-state index in [0.29, 0.717) is 0 Å². The Morgan fingerprint density at radius 3 is 2.57 bits per heavy atom. The molecule has 0 aliphatic carbocycles. The molecule has 0 saturated heterocycles. The summed E-state index contributed by atoms with van der Waals surface area (Å²) in [6, 6.07) is 6.62. The van der Waals surface area contributed by atoms with E-state index < -0.39 is 16.0 Å². The Bertz CT molecular complexity index is 780. The summed E-state index contributed by atoms with van der Waals surface area (Å²) in [6.07, 6.45) is 0.722. The molecular weight excluding hydrogens is 314 g/mol. The smallest absolute Gasteiger partial charge is 0.337 e. The van der Waals surface area contributed by atoms with Gasteiger partial charge < -0.3 is 10.2 Å². The van der Waals surface area contributed by atoms with E-state index in [1.54, 1.807) is 6.07 Å². The first-order chi connectivity index (χ1) is 9.83. The van der Waals surface area contributed by atoms with E-state index >= 15 is 0 Å². The fourth-order valence-corrected chi connectivity index (χ4v) is 4.06. The summed E-state index contributed by atoms with van der Waals surface area (Å²) >= 11 is 1.13. The molecule has 0 fully saturated rings. The fourth-order valence-electron chi connectivity index (χ4n) is 1.69. The molecule has 1 aromatic heterocycles. The van der Waals surface area contributed by atoms with Crippen molar-refractivity contribution in [2.45, 2.75) is 17.6 Å². The first-order valence-electron chi connectivity index (χ1n) is 6.01. The van der Waals surface area contributed by atoms with Gasteiger partial charge in [-0.1, -0.05) is 6.92 Å². The lowest BCUT2D eigenvalue weighted by Gasteiger charge is -2.09. The second kappa shape index (κ2) is 5.74. The molecule has 0 spiro atoms. The zero-order valence-corrected chi connectivity index (χ0v) is 12.7. The van der Waals surface area contributed by atoms with Gasteiger partial charge in [-0.05, 0) is 36.8 Å². The van der Waals surface area contributed by atoms with Crippen molar-refractivity contribution in [2.75, 3.05) is 4.72 Å². The summed E-state index contributed by atoms with van der Waals surface area (Å²) in [7, 11) is -3.85. The Labute approximate surface area is 125 Å². The average molecular weight is 327 g/mol. The second-order valence-corrected chi connectivity index (χ2v) is 7.29. The van der Waals surface area contributed by atoms with Crippen molar-refractivity contribution in [2.24, 2.45) is 0 Å². The second-order valence-electron chi connectivity index (χ2n) is 4.21. The molecular formula is C13H13NO5S2. The Hall–Kier alpha value is -2.06. The molecule has 1 aromatic carbocycles. The van der Waals surface area contributed by atoms with Gasteiger partial charge in [-0.3, -0.25) is 4.72 Å². The van der Waals surface area contributed by atoms with Crippen molar-refractivity contribution in [3.05, 3.63) is 40.8 Å². The van der Waals surface area contributed by atoms with Gasteiger partial charge in [0.25, 0.3) is 10.0 Å². The molecule has 0 aliphatic rings. The first kappa shape index (κ1) is 15.3. The van der Waals surface area contributed by atoms with Crippen LogP contribution in [-0.4, -0.2) is 24.6 Å². The van der Waals surface area contributed by atoms with Gasteiger partial charge in [-0.25, -0.2) is 13.2 Å². The number of phenols is 1. The highest BCUT2D eigenvalue weighted by molar-refractivity contribution is 7.94. The van der Waals surface area contributed by atoms with Gasteiger partial charge >= 0.3 is 5.97 Å². The molecule has 112 valence electrons. The molecule has 1 heterocycles. The van der Waals surface area contributed by atoms with E-state index in [4.69, 9.17) is 5.11 Å². The monoisotopic (exact) mass is 327 g/mol. The Morgan fingerprint density at radius 2 is 2.00 bits per heavy atom. The van der Waals surface area contributed by atoms with E-state index in [1.807, 2.05) is 6.92 Å². The average Bonchev–Trinajstić information content (AvgIpc) is 2.90. The molecule has 0 radical (unpaired) electrons. The predicted molar refractivity (Wildman–Crippen MR) is 79.6 cm³/mol. The van der Waals surface area contributed by atoms with Crippen LogP contribution in [0.2, 0.25) is 0 Å². The lowest BCUT2D eigenvalue weighted by Crippen LogP contribution is -2.14. The molecule has 6 nitrogen and oxygen atoms in total. The molecule has 8 heteroatoms. The van der Waals surface area contributed by atoms with Gasteiger partial charge in [0, 0.05) is 4.88 Å². The number of rotatable bonds is 5. The third-order valence-electron chi connectivity index (χ3n) is 2.73. The Kier molecular flexibility index (Phi) is 4.19. The standard InChI is InChI=1S/C13H13NO5S2/c1-2-9-4-6-12(20-9)21(18,19)14-11-5-3-8(15)7-10(11)13(16)17/h3-7,14-15H,2H2,1H3,(H,16,17). The third kappa shape index (κ3) is 3.34. The summed E-state index contributed by atoms with van der Waals surface area (Å²) in [6.45, 7) is 1.91. The van der Waals surface area contributed by atoms with Gasteiger partial charge in [0.05, 0.1) is 11.3 Å². The number of carbonyl (C=O) groups is 1. The highest BCUT2D eigenvalue weighted by atomic mass is 32.2. The number of benzene rings is 1. The van der Waals surface area contributed by atoms with Gasteiger partial charge in [-0.15, -0.1) is 11.3 Å². The minimum absolute atomic E-state index is 0.0910. The fraction of sp³-hybridized carbons (Fsp3) is 0.154. The summed E-state index contributed by atoms with van der Waals surface area (Å²) < 4.78 is 26.8. The summed E-state index contributed by atoms with van der Waals surface area (Å²) in [5, 5.41) is 18.4. The quantitative estimate of drug-likeness (QED) is 0.732. The van der Waals surface area contributed by atoms with Crippen LogP contribution in [0.5, 0.6) is 5.75 Å². The maximum atomic E-state index is 12.2. The molecule has 0 saturated carbocycles. The molecule has 2 aromatic rings. The van der Waals surface area contributed by atoms with E-state index in [1.165, 1.54) is 18.2 Å². The SMILES string of the molecule is CCc1ccc(S(=O)(=O)Nc2ccc(O)cc2C(=O)O)s1. The van der Waals surface area contributed by atoms with Crippen molar-refractivity contribution in [1.82, 2.24) is 0 Å². The number of carboxylic acid groups (broad SMARTS) is 1. The highest BCUT2D eigenvalue weighted by Gasteiger charge is 2.20. The topological polar surface area (TPSA) is 104 Å². The third-order valence-corrected chi connectivity index (χ3v) is 5.82. The van der Waals surface area contributed by atoms with Crippen molar-refractivity contribution < 1.29 is 23.4 Å². The van der Waals surface area contributed by atoms with Gasteiger partial charge in [-0.2, -0.15) is 0 Å². The summed E-state index contributed by atoms with van der Waals surface area (Å²) in [5.41, 5.74) is -0.405. The number of thiophene rings is 1. The van der Waals surface area contributed by atoms with E-state index in [2.05, 4.69) is 4.72 Å². The van der Waals surface area contributed by atoms with Crippen LogP contribution < -0.4 is 4.72 Å². The maximum Gasteiger partial charge on any atom is 0.337 e. The van der Waals surface area contributed by atoms with Crippen molar-refractivity contribution in [3.63, 3.8) is 0 Å². The van der Waals surface area contributed by atoms with Crippen molar-refractivity contribution >= 4 is 33.0 Å². The number of carboxylic acids is 1. The normalized spacial score (nSPS) is 11.3. The molecule has 0 unspecified atom stereocenters. The number of nitrogens with one attached hydrogen (secondary N) is 1. The minimum atomic E-state index is -3.85. The van der Waals surface area contributed by atoms with Gasteiger partial charge in [0.2, 0.25) is 0 Å². The molecule has 0 bridgehead atoms. The van der Waals surface area contributed by atoms with Crippen LogP contribution in [0.3, 0.4) is 0 Å². The van der Waals surface area contributed by atoms with Crippen LogP contribution >= 0.6 is 11.3 Å². The lowest BCUT2D eigenvalue weighted by molar-refractivity contribution is 0.0697. The Morgan fingerprint density at radius 1 is 1.29 bits per heavy atom. The van der Waals surface area contributed by atoms with Crippen LogP contribution in [0, 0.1) is 0 Å². The van der Waals surface area contributed by atoms with E-state index in [9.17, 15) is 18.3 Å². The lowest BCUT2D eigenvalue weighted by atomic mass is 10.2. The summed E-state index contributed by atoms with van der Waals surface area (Å²) in [5.74, 6) is -1.58. The molecule has 2 rings (SSSR count). The zero-order chi connectivity index (χ0) is 15.6. The van der Waals surface area contributed by atoms with Crippen LogP contribution in [0.25, 0.3) is 0 Å². The molecule has 0 amide bonds. The number of aryl methyl sites for hydroxylation is 1.